The van der Waals surface area contributed by atoms with E-state index < -0.39 is 0 Å². The summed E-state index contributed by atoms with van der Waals surface area (Å²) in [4.78, 5) is 14.8. The zero-order valence-corrected chi connectivity index (χ0v) is 14.5. The van der Waals surface area contributed by atoms with Gasteiger partial charge in [-0.3, -0.25) is 4.79 Å². The maximum absolute atomic E-state index is 12.8. The van der Waals surface area contributed by atoms with Crippen molar-refractivity contribution in [1.29, 1.82) is 0 Å². The van der Waals surface area contributed by atoms with E-state index in [1.807, 2.05) is 30.9 Å². The Morgan fingerprint density at radius 3 is 2.71 bits per heavy atom. The molecule has 128 valence electrons. The van der Waals surface area contributed by atoms with Gasteiger partial charge in [0.15, 0.2) is 0 Å². The lowest BCUT2D eigenvalue weighted by Crippen LogP contribution is -2.37. The molecule has 0 unspecified atom stereocenters. The van der Waals surface area contributed by atoms with Gasteiger partial charge in [0.2, 0.25) is 5.91 Å². The monoisotopic (exact) mass is 328 g/mol. The number of carbonyl (C=O) groups excluding carboxylic acids is 1. The van der Waals surface area contributed by atoms with Gasteiger partial charge in [0.1, 0.15) is 11.5 Å². The summed E-state index contributed by atoms with van der Waals surface area (Å²) in [6, 6.07) is 8.37. The van der Waals surface area contributed by atoms with Gasteiger partial charge in [0.05, 0.1) is 19.2 Å². The number of methoxy groups -OCH3 is 1. The second-order valence-corrected chi connectivity index (χ2v) is 6.41. The highest BCUT2D eigenvalue weighted by Crippen LogP contribution is 2.24. The molecule has 1 amide bonds. The van der Waals surface area contributed by atoms with Gasteiger partial charge in [-0.1, -0.05) is 17.3 Å². The van der Waals surface area contributed by atoms with E-state index >= 15 is 0 Å². The van der Waals surface area contributed by atoms with Crippen LogP contribution < -0.4 is 4.74 Å². The van der Waals surface area contributed by atoms with Crippen molar-refractivity contribution in [1.82, 2.24) is 10.1 Å². The van der Waals surface area contributed by atoms with E-state index in [4.69, 9.17) is 9.26 Å². The number of nitrogens with zero attached hydrogens (tertiary/aromatic N) is 2. The fourth-order valence-corrected chi connectivity index (χ4v) is 3.42. The fourth-order valence-electron chi connectivity index (χ4n) is 3.42. The molecule has 1 aliphatic heterocycles. The molecule has 3 rings (SSSR count). The molecule has 1 aromatic carbocycles. The van der Waals surface area contributed by atoms with E-state index in [-0.39, 0.29) is 11.9 Å². The number of ether oxygens (including phenoxy) is 1. The number of hydrogen-bond donors (Lipinski definition) is 0. The predicted octanol–water partition coefficient (Wildman–Crippen LogP) is 3.08. The number of rotatable bonds is 5. The third kappa shape index (κ3) is 3.45. The number of aryl methyl sites for hydroxylation is 2. The molecule has 2 heterocycles. The molecule has 5 nitrogen and oxygen atoms in total. The topological polar surface area (TPSA) is 55.6 Å². The van der Waals surface area contributed by atoms with E-state index in [9.17, 15) is 4.79 Å². The highest BCUT2D eigenvalue weighted by atomic mass is 16.5. The molecule has 1 aliphatic rings. The largest absolute Gasteiger partial charge is 0.497 e. The zero-order chi connectivity index (χ0) is 17.1. The summed E-state index contributed by atoms with van der Waals surface area (Å²) < 4.78 is 10.4. The summed E-state index contributed by atoms with van der Waals surface area (Å²) in [5.41, 5.74) is 2.97. The maximum atomic E-state index is 12.8. The van der Waals surface area contributed by atoms with Crippen molar-refractivity contribution in [2.75, 3.05) is 13.7 Å². The van der Waals surface area contributed by atoms with E-state index in [1.54, 1.807) is 7.11 Å². The van der Waals surface area contributed by atoms with Crippen LogP contribution in [0.25, 0.3) is 0 Å². The second-order valence-electron chi connectivity index (χ2n) is 6.41. The van der Waals surface area contributed by atoms with Crippen LogP contribution in [0.15, 0.2) is 28.8 Å². The van der Waals surface area contributed by atoms with Crippen LogP contribution in [0, 0.1) is 13.8 Å². The summed E-state index contributed by atoms with van der Waals surface area (Å²) >= 11 is 0. The van der Waals surface area contributed by atoms with Crippen molar-refractivity contribution in [3.05, 3.63) is 46.8 Å². The molecule has 0 bridgehead atoms. The van der Waals surface area contributed by atoms with Crippen molar-refractivity contribution < 1.29 is 14.1 Å². The first-order chi connectivity index (χ1) is 11.6. The molecule has 1 saturated heterocycles. The van der Waals surface area contributed by atoms with Gasteiger partial charge < -0.3 is 14.2 Å². The van der Waals surface area contributed by atoms with E-state index in [2.05, 4.69) is 17.3 Å². The van der Waals surface area contributed by atoms with Crippen molar-refractivity contribution in [2.24, 2.45) is 0 Å². The molecule has 2 aromatic rings. The van der Waals surface area contributed by atoms with Crippen molar-refractivity contribution >= 4 is 5.91 Å². The molecule has 0 N–H and O–H groups in total. The first kappa shape index (κ1) is 16.6. The van der Waals surface area contributed by atoms with Crippen LogP contribution in [0.5, 0.6) is 5.75 Å². The number of carbonyl (C=O) groups is 1. The summed E-state index contributed by atoms with van der Waals surface area (Å²) in [5, 5.41) is 3.94. The Morgan fingerprint density at radius 1 is 1.33 bits per heavy atom. The molecule has 1 fully saturated rings. The van der Waals surface area contributed by atoms with E-state index in [1.165, 1.54) is 5.56 Å². The minimum absolute atomic E-state index is 0.167. The molecule has 24 heavy (non-hydrogen) atoms. The van der Waals surface area contributed by atoms with Crippen LogP contribution in [0.4, 0.5) is 0 Å². The molecular formula is C19H24N2O3. The van der Waals surface area contributed by atoms with E-state index in [0.717, 1.165) is 48.6 Å². The molecule has 0 spiro atoms. The first-order valence-electron chi connectivity index (χ1n) is 8.42. The predicted molar refractivity (Wildman–Crippen MR) is 91.1 cm³/mol. The molecule has 1 aromatic heterocycles. The minimum atomic E-state index is 0.167. The Kier molecular flexibility index (Phi) is 4.88. The first-order valence-corrected chi connectivity index (χ1v) is 8.42. The van der Waals surface area contributed by atoms with Crippen LogP contribution in [0.1, 0.15) is 35.4 Å². The van der Waals surface area contributed by atoms with Gasteiger partial charge in [-0.2, -0.15) is 0 Å². The highest BCUT2D eigenvalue weighted by Gasteiger charge is 2.29. The SMILES string of the molecule is COc1ccc(C[C@@H]2CCCN2C(=O)Cc2c(C)noc2C)cc1. The average molecular weight is 328 g/mol. The molecular weight excluding hydrogens is 304 g/mol. The standard InChI is InChI=1S/C19H24N2O3/c1-13-18(14(2)24-20-13)12-19(22)21-10-4-5-16(21)11-15-6-8-17(23-3)9-7-15/h6-9,16H,4-5,10-12H2,1-3H3/t16-/m0/s1. The maximum Gasteiger partial charge on any atom is 0.227 e. The van der Waals surface area contributed by atoms with Crippen molar-refractivity contribution in [2.45, 2.75) is 45.6 Å². The third-order valence-electron chi connectivity index (χ3n) is 4.84. The lowest BCUT2D eigenvalue weighted by atomic mass is 10.0. The molecule has 0 radical (unpaired) electrons. The lowest BCUT2D eigenvalue weighted by molar-refractivity contribution is -0.131. The Morgan fingerprint density at radius 2 is 2.08 bits per heavy atom. The number of hydrogen-bond acceptors (Lipinski definition) is 4. The normalized spacial score (nSPS) is 17.3. The van der Waals surface area contributed by atoms with Crippen molar-refractivity contribution in [3.8, 4) is 5.75 Å². The summed E-state index contributed by atoms with van der Waals surface area (Å²) in [6.07, 6.45) is 3.38. The third-order valence-corrected chi connectivity index (χ3v) is 4.84. The minimum Gasteiger partial charge on any atom is -0.497 e. The summed E-state index contributed by atoms with van der Waals surface area (Å²) in [7, 11) is 1.67. The Hall–Kier alpha value is -2.30. The molecule has 0 aliphatic carbocycles. The number of benzene rings is 1. The second kappa shape index (κ2) is 7.07. The fraction of sp³-hybridized carbons (Fsp3) is 0.474. The Labute approximate surface area is 142 Å². The summed E-state index contributed by atoms with van der Waals surface area (Å²) in [5.74, 6) is 1.77. The number of likely N-dealkylation sites (tertiary alicyclic amines) is 1. The van der Waals surface area contributed by atoms with Gasteiger partial charge in [0, 0.05) is 18.2 Å². The number of amides is 1. The highest BCUT2D eigenvalue weighted by molar-refractivity contribution is 5.79. The van der Waals surface area contributed by atoms with Crippen LogP contribution in [-0.4, -0.2) is 35.7 Å². The molecule has 5 heteroatoms. The van der Waals surface area contributed by atoms with Crippen LogP contribution in [0.3, 0.4) is 0 Å². The lowest BCUT2D eigenvalue weighted by Gasteiger charge is -2.25. The molecule has 1 atom stereocenters. The van der Waals surface area contributed by atoms with Gasteiger partial charge in [-0.25, -0.2) is 0 Å². The zero-order valence-electron chi connectivity index (χ0n) is 14.5. The Balaban J connectivity index is 1.67. The van der Waals surface area contributed by atoms with E-state index in [0.29, 0.717) is 6.42 Å². The summed E-state index contributed by atoms with van der Waals surface area (Å²) in [6.45, 7) is 4.59. The van der Waals surface area contributed by atoms with Crippen LogP contribution >= 0.6 is 0 Å². The number of aromatic nitrogens is 1. The van der Waals surface area contributed by atoms with Gasteiger partial charge >= 0.3 is 0 Å². The Bertz CT molecular complexity index is 686. The van der Waals surface area contributed by atoms with Gasteiger partial charge in [0.25, 0.3) is 0 Å². The van der Waals surface area contributed by atoms with Gasteiger partial charge in [-0.15, -0.1) is 0 Å². The van der Waals surface area contributed by atoms with Gasteiger partial charge in [-0.05, 0) is 50.8 Å². The molecule has 0 saturated carbocycles. The smallest absolute Gasteiger partial charge is 0.227 e. The quantitative estimate of drug-likeness (QED) is 0.846. The van der Waals surface area contributed by atoms with Crippen molar-refractivity contribution in [3.63, 3.8) is 0 Å². The average Bonchev–Trinajstić information content (AvgIpc) is 3.17. The van der Waals surface area contributed by atoms with Crippen LogP contribution in [0.2, 0.25) is 0 Å². The van der Waals surface area contributed by atoms with Crippen LogP contribution in [-0.2, 0) is 17.6 Å².